The van der Waals surface area contributed by atoms with Crippen LogP contribution in [0.4, 0.5) is 10.5 Å². The Morgan fingerprint density at radius 3 is 2.16 bits per heavy atom. The van der Waals surface area contributed by atoms with Gasteiger partial charge in [0.1, 0.15) is 12.1 Å². The number of hydrogen-bond donors (Lipinski definition) is 6. The van der Waals surface area contributed by atoms with E-state index in [0.717, 1.165) is 17.1 Å². The first kappa shape index (κ1) is 30.0. The fourth-order valence-electron chi connectivity index (χ4n) is 3.62. The van der Waals surface area contributed by atoms with Crippen molar-refractivity contribution in [2.24, 2.45) is 11.7 Å². The van der Waals surface area contributed by atoms with Crippen LogP contribution in [0.25, 0.3) is 0 Å². The van der Waals surface area contributed by atoms with E-state index in [2.05, 4.69) is 21.3 Å². The summed E-state index contributed by atoms with van der Waals surface area (Å²) in [5.74, 6) is -3.01. The van der Waals surface area contributed by atoms with Crippen molar-refractivity contribution in [1.82, 2.24) is 20.9 Å². The third kappa shape index (κ3) is 9.32. The number of carbonyl (C=O) groups is 6. The molecule has 7 N–H and O–H groups in total. The predicted octanol–water partition coefficient (Wildman–Crippen LogP) is -0.493. The number of amides is 7. The molecule has 2 rings (SSSR count). The van der Waals surface area contributed by atoms with Crippen LogP contribution in [0.2, 0.25) is 0 Å². The molecule has 0 unspecified atom stereocenters. The maximum Gasteiger partial charge on any atom is 0.312 e. The van der Waals surface area contributed by atoms with Gasteiger partial charge in [-0.3, -0.25) is 28.9 Å². The number of primary amides is 1. The molecule has 13 nitrogen and oxygen atoms in total. The van der Waals surface area contributed by atoms with Crippen molar-refractivity contribution < 1.29 is 33.9 Å². The quantitative estimate of drug-likeness (QED) is 0.138. The van der Waals surface area contributed by atoms with Gasteiger partial charge in [-0.05, 0) is 36.5 Å². The highest BCUT2D eigenvalue weighted by Crippen LogP contribution is 2.12. The van der Waals surface area contributed by atoms with E-state index in [-0.39, 0.29) is 38.5 Å². The van der Waals surface area contributed by atoms with Crippen LogP contribution in [-0.4, -0.2) is 70.7 Å². The molecule has 38 heavy (non-hydrogen) atoms. The van der Waals surface area contributed by atoms with Gasteiger partial charge in [0.15, 0.2) is 0 Å². The summed E-state index contributed by atoms with van der Waals surface area (Å²) >= 11 is 0. The van der Waals surface area contributed by atoms with Crippen molar-refractivity contribution in [3.05, 3.63) is 42.0 Å². The zero-order valence-electron chi connectivity index (χ0n) is 21.4. The first-order chi connectivity index (χ1) is 18.0. The summed E-state index contributed by atoms with van der Waals surface area (Å²) < 4.78 is 0. The molecule has 0 spiro atoms. The lowest BCUT2D eigenvalue weighted by Crippen LogP contribution is -2.54. The summed E-state index contributed by atoms with van der Waals surface area (Å²) in [5.41, 5.74) is 6.19. The summed E-state index contributed by atoms with van der Waals surface area (Å²) in [5, 5.41) is 19.6. The molecule has 0 saturated carbocycles. The normalized spacial score (nSPS) is 14.3. The Bertz CT molecular complexity index is 1050. The smallest absolute Gasteiger partial charge is 0.312 e. The topological polar surface area (TPSA) is 200 Å². The van der Waals surface area contributed by atoms with Gasteiger partial charge in [-0.2, -0.15) is 0 Å². The number of carbonyl (C=O) groups excluding carboxylic acids is 6. The Kier molecular flexibility index (Phi) is 11.4. The number of aliphatic hydroxyl groups is 1. The Morgan fingerprint density at radius 1 is 0.974 bits per heavy atom. The minimum Gasteiger partial charge on any atom is -0.392 e. The largest absolute Gasteiger partial charge is 0.392 e. The number of imide groups is 1. The molecule has 0 saturated heterocycles. The van der Waals surface area contributed by atoms with Crippen LogP contribution in [0, 0.1) is 5.92 Å². The molecular formula is C25H34N6O7. The van der Waals surface area contributed by atoms with Crippen molar-refractivity contribution in [2.45, 2.75) is 51.8 Å². The highest BCUT2D eigenvalue weighted by Gasteiger charge is 2.30. The van der Waals surface area contributed by atoms with Gasteiger partial charge in [0.25, 0.3) is 11.8 Å². The van der Waals surface area contributed by atoms with E-state index in [9.17, 15) is 33.9 Å². The second-order valence-corrected chi connectivity index (χ2v) is 9.04. The Morgan fingerprint density at radius 2 is 1.61 bits per heavy atom. The molecule has 206 valence electrons. The number of hydrogen-bond acceptors (Lipinski definition) is 7. The summed E-state index contributed by atoms with van der Waals surface area (Å²) in [6, 6.07) is 3.80. The molecule has 0 aromatic heterocycles. The van der Waals surface area contributed by atoms with E-state index in [1.807, 2.05) is 0 Å². The van der Waals surface area contributed by atoms with Crippen molar-refractivity contribution in [3.63, 3.8) is 0 Å². The van der Waals surface area contributed by atoms with Crippen molar-refractivity contribution >= 4 is 41.3 Å². The van der Waals surface area contributed by atoms with Gasteiger partial charge in [0.2, 0.25) is 17.7 Å². The minimum atomic E-state index is -1.00. The number of nitrogens with zero attached hydrogens (tertiary/aromatic N) is 1. The molecule has 0 radical (unpaired) electrons. The van der Waals surface area contributed by atoms with Gasteiger partial charge in [-0.15, -0.1) is 0 Å². The maximum atomic E-state index is 13.1. The average Bonchev–Trinajstić information content (AvgIpc) is 3.19. The lowest BCUT2D eigenvalue weighted by atomic mass is 10.0. The van der Waals surface area contributed by atoms with Crippen LogP contribution in [0.3, 0.4) is 0 Å². The molecule has 0 fully saturated rings. The van der Waals surface area contributed by atoms with Gasteiger partial charge >= 0.3 is 6.03 Å². The highest BCUT2D eigenvalue weighted by atomic mass is 16.3. The molecule has 1 aromatic carbocycles. The van der Waals surface area contributed by atoms with Crippen LogP contribution in [0.1, 0.15) is 38.7 Å². The van der Waals surface area contributed by atoms with Crippen molar-refractivity contribution in [1.29, 1.82) is 0 Å². The Hall–Kier alpha value is -4.26. The van der Waals surface area contributed by atoms with Crippen LogP contribution in [-0.2, 0) is 30.6 Å². The molecule has 0 bridgehead atoms. The summed E-state index contributed by atoms with van der Waals surface area (Å²) in [6.45, 7) is 3.35. The fourth-order valence-corrected chi connectivity index (χ4v) is 3.62. The second kappa shape index (κ2) is 14.5. The number of nitrogens with two attached hydrogens (primary N) is 1. The van der Waals surface area contributed by atoms with Crippen LogP contribution in [0.15, 0.2) is 36.4 Å². The van der Waals surface area contributed by atoms with Gasteiger partial charge in [-0.1, -0.05) is 26.0 Å². The first-order valence-corrected chi connectivity index (χ1v) is 12.2. The van der Waals surface area contributed by atoms with Gasteiger partial charge in [-0.25, -0.2) is 4.79 Å². The minimum absolute atomic E-state index is 0.129. The fraction of sp³-hybridized carbons (Fsp3) is 0.440. The molecular weight excluding hydrogens is 496 g/mol. The molecule has 0 aliphatic carbocycles. The zero-order chi connectivity index (χ0) is 28.2. The molecule has 1 aliphatic rings. The maximum absolute atomic E-state index is 13.1. The Balaban J connectivity index is 2.03. The molecule has 1 heterocycles. The van der Waals surface area contributed by atoms with Crippen LogP contribution in [0.5, 0.6) is 0 Å². The van der Waals surface area contributed by atoms with Crippen LogP contribution < -0.4 is 27.0 Å². The van der Waals surface area contributed by atoms with E-state index >= 15 is 0 Å². The summed E-state index contributed by atoms with van der Waals surface area (Å²) in [6.07, 6.45) is 2.54. The molecule has 1 aliphatic heterocycles. The summed E-state index contributed by atoms with van der Waals surface area (Å²) in [7, 11) is 0. The average molecular weight is 531 g/mol. The van der Waals surface area contributed by atoms with Gasteiger partial charge < -0.3 is 32.1 Å². The van der Waals surface area contributed by atoms with Gasteiger partial charge in [0, 0.05) is 37.3 Å². The highest BCUT2D eigenvalue weighted by molar-refractivity contribution is 6.13. The van der Waals surface area contributed by atoms with E-state index in [4.69, 9.17) is 5.73 Å². The number of nitrogens with one attached hydrogen (secondary N) is 4. The SMILES string of the molecule is CC(C)[C@H](NC(=O)CCN1C(=O)C=CC1=O)C(=O)N[C@@H](CCCNC(N)=O)C(=O)Nc1ccc(CO)cc1. The predicted molar refractivity (Wildman–Crippen MR) is 137 cm³/mol. The zero-order valence-corrected chi connectivity index (χ0v) is 21.4. The second-order valence-electron chi connectivity index (χ2n) is 9.04. The molecule has 7 amide bonds. The van der Waals surface area contributed by atoms with Crippen molar-refractivity contribution in [3.8, 4) is 0 Å². The number of rotatable bonds is 14. The molecule has 2 atom stereocenters. The number of benzene rings is 1. The third-order valence-electron chi connectivity index (χ3n) is 5.73. The summed E-state index contributed by atoms with van der Waals surface area (Å²) in [4.78, 5) is 73.9. The van der Waals surface area contributed by atoms with E-state index in [1.54, 1.807) is 38.1 Å². The Labute approximate surface area is 220 Å². The first-order valence-electron chi connectivity index (χ1n) is 12.2. The number of urea groups is 1. The molecule has 13 heteroatoms. The van der Waals surface area contributed by atoms with Crippen LogP contribution >= 0.6 is 0 Å². The lowest BCUT2D eigenvalue weighted by molar-refractivity contribution is -0.137. The third-order valence-corrected chi connectivity index (χ3v) is 5.73. The van der Waals surface area contributed by atoms with E-state index in [0.29, 0.717) is 17.7 Å². The standard InChI is InChI=1S/C25H34N6O7/c1-15(2)22(30-19(33)11-13-31-20(34)9-10-21(31)35)24(37)29-18(4-3-12-27-25(26)38)23(36)28-17-7-5-16(14-32)6-8-17/h5-10,15,18,22,32H,3-4,11-14H2,1-2H3,(H,28,36)(H,29,37)(H,30,33)(H3,26,27,38)/t18-,22-/m0/s1. The monoisotopic (exact) mass is 530 g/mol. The van der Waals surface area contributed by atoms with E-state index < -0.39 is 47.7 Å². The lowest BCUT2D eigenvalue weighted by Gasteiger charge is -2.25. The van der Waals surface area contributed by atoms with Crippen molar-refractivity contribution in [2.75, 3.05) is 18.4 Å². The van der Waals surface area contributed by atoms with E-state index in [1.165, 1.54) is 0 Å². The molecule has 1 aromatic rings. The number of aliphatic hydroxyl groups excluding tert-OH is 1. The number of anilines is 1. The van der Waals surface area contributed by atoms with Gasteiger partial charge in [0.05, 0.1) is 6.61 Å².